The quantitative estimate of drug-likeness (QED) is 0.886. The monoisotopic (exact) mass is 264 g/mol. The number of fused-ring (bicyclic) bond motifs is 1. The fourth-order valence-electron chi connectivity index (χ4n) is 2.56. The molecule has 1 aliphatic heterocycles. The second kappa shape index (κ2) is 5.64. The molecule has 0 radical (unpaired) electrons. The van der Waals surface area contributed by atoms with Crippen molar-refractivity contribution in [3.63, 3.8) is 0 Å². The molecule has 18 heavy (non-hydrogen) atoms. The maximum absolute atomic E-state index is 5.80. The van der Waals surface area contributed by atoms with Gasteiger partial charge >= 0.3 is 0 Å². The van der Waals surface area contributed by atoms with E-state index >= 15 is 0 Å². The van der Waals surface area contributed by atoms with Crippen LogP contribution in [0.3, 0.4) is 0 Å². The molecule has 0 aliphatic carbocycles. The Balaban J connectivity index is 1.86. The van der Waals surface area contributed by atoms with Crippen LogP contribution in [0.1, 0.15) is 19.4 Å². The molecule has 2 nitrogen and oxygen atoms in total. The van der Waals surface area contributed by atoms with E-state index in [1.807, 2.05) is 11.8 Å². The lowest BCUT2D eigenvalue weighted by Gasteiger charge is -2.30. The first-order chi connectivity index (χ1) is 8.50. The summed E-state index contributed by atoms with van der Waals surface area (Å²) in [5, 5.41) is 0.695. The van der Waals surface area contributed by atoms with Gasteiger partial charge in [-0.2, -0.15) is 0 Å². The third-order valence-electron chi connectivity index (χ3n) is 3.48. The van der Waals surface area contributed by atoms with Crippen molar-refractivity contribution < 1.29 is 0 Å². The maximum atomic E-state index is 5.80. The Morgan fingerprint density at radius 1 is 1.39 bits per heavy atom. The number of rotatable bonds is 5. The van der Waals surface area contributed by atoms with Crippen LogP contribution in [0, 0.1) is 5.41 Å². The van der Waals surface area contributed by atoms with Crippen molar-refractivity contribution in [3.8, 4) is 0 Å². The van der Waals surface area contributed by atoms with Crippen LogP contribution >= 0.6 is 11.8 Å². The molecule has 1 atom stereocenters. The zero-order valence-corrected chi connectivity index (χ0v) is 12.5. The SMILES string of the molecule is CN(CC1Cc2ccccc2S1)CC(C)(C)CN. The fraction of sp³-hybridized carbons (Fsp3) is 0.600. The first-order valence-electron chi connectivity index (χ1n) is 6.63. The molecule has 0 bridgehead atoms. The Morgan fingerprint density at radius 2 is 2.11 bits per heavy atom. The highest BCUT2D eigenvalue weighted by atomic mass is 32.2. The summed E-state index contributed by atoms with van der Waals surface area (Å²) in [5.41, 5.74) is 7.53. The van der Waals surface area contributed by atoms with Crippen LogP contribution in [-0.4, -0.2) is 36.8 Å². The fourth-order valence-corrected chi connectivity index (χ4v) is 3.97. The normalized spacial score (nSPS) is 19.3. The standard InChI is InChI=1S/C15H24N2S/c1-15(2,10-16)11-17(3)9-13-8-12-6-4-5-7-14(12)18-13/h4-7,13H,8-11,16H2,1-3H3. The number of hydrogen-bond acceptors (Lipinski definition) is 3. The van der Waals surface area contributed by atoms with Crippen molar-refractivity contribution in [3.05, 3.63) is 29.8 Å². The molecule has 0 amide bonds. The molecule has 1 heterocycles. The van der Waals surface area contributed by atoms with Crippen molar-refractivity contribution in [2.45, 2.75) is 30.4 Å². The summed E-state index contributed by atoms with van der Waals surface area (Å²) >= 11 is 2.03. The minimum Gasteiger partial charge on any atom is -0.330 e. The van der Waals surface area contributed by atoms with E-state index in [1.54, 1.807) is 0 Å². The van der Waals surface area contributed by atoms with Crippen molar-refractivity contribution in [1.29, 1.82) is 0 Å². The second-order valence-corrected chi connectivity index (χ2v) is 7.46. The highest BCUT2D eigenvalue weighted by molar-refractivity contribution is 8.00. The van der Waals surface area contributed by atoms with Crippen LogP contribution in [-0.2, 0) is 6.42 Å². The summed E-state index contributed by atoms with van der Waals surface area (Å²) in [6, 6.07) is 8.77. The molecule has 2 rings (SSSR count). The van der Waals surface area contributed by atoms with Gasteiger partial charge in [0.15, 0.2) is 0 Å². The predicted molar refractivity (Wildman–Crippen MR) is 80.1 cm³/mol. The van der Waals surface area contributed by atoms with Gasteiger partial charge < -0.3 is 10.6 Å². The van der Waals surface area contributed by atoms with Gasteiger partial charge in [0.25, 0.3) is 0 Å². The minimum atomic E-state index is 0.213. The van der Waals surface area contributed by atoms with Gasteiger partial charge in [-0.1, -0.05) is 32.0 Å². The number of benzene rings is 1. The molecule has 1 aromatic rings. The zero-order chi connectivity index (χ0) is 13.2. The predicted octanol–water partition coefficient (Wildman–Crippen LogP) is 2.62. The van der Waals surface area contributed by atoms with E-state index in [9.17, 15) is 0 Å². The van der Waals surface area contributed by atoms with Crippen LogP contribution in [0.5, 0.6) is 0 Å². The average Bonchev–Trinajstić information content (AvgIpc) is 2.70. The Morgan fingerprint density at radius 3 is 2.78 bits per heavy atom. The Kier molecular flexibility index (Phi) is 4.36. The van der Waals surface area contributed by atoms with Crippen molar-refractivity contribution >= 4 is 11.8 Å². The van der Waals surface area contributed by atoms with E-state index in [1.165, 1.54) is 16.9 Å². The average molecular weight is 264 g/mol. The van der Waals surface area contributed by atoms with Crippen LogP contribution < -0.4 is 5.73 Å². The van der Waals surface area contributed by atoms with Crippen molar-refractivity contribution in [2.75, 3.05) is 26.7 Å². The van der Waals surface area contributed by atoms with Gasteiger partial charge in [0.05, 0.1) is 0 Å². The van der Waals surface area contributed by atoms with Gasteiger partial charge in [0.2, 0.25) is 0 Å². The molecule has 0 spiro atoms. The molecule has 0 saturated heterocycles. The third kappa shape index (κ3) is 3.50. The first-order valence-corrected chi connectivity index (χ1v) is 7.51. The molecule has 0 saturated carbocycles. The summed E-state index contributed by atoms with van der Waals surface area (Å²) in [5.74, 6) is 0. The minimum absolute atomic E-state index is 0.213. The summed E-state index contributed by atoms with van der Waals surface area (Å²) in [4.78, 5) is 3.89. The molecule has 0 fully saturated rings. The molecular weight excluding hydrogens is 240 g/mol. The van der Waals surface area contributed by atoms with Crippen LogP contribution in [0.15, 0.2) is 29.2 Å². The lowest BCUT2D eigenvalue weighted by molar-refractivity contribution is 0.216. The lowest BCUT2D eigenvalue weighted by Crippen LogP contribution is -2.39. The molecule has 1 unspecified atom stereocenters. The molecule has 3 heteroatoms. The summed E-state index contributed by atoms with van der Waals surface area (Å²) in [6.45, 7) is 7.43. The van der Waals surface area contributed by atoms with Gasteiger partial charge in [-0.3, -0.25) is 0 Å². The Bertz CT molecular complexity index is 378. The van der Waals surface area contributed by atoms with Gasteiger partial charge in [0.1, 0.15) is 0 Å². The smallest absolute Gasteiger partial charge is 0.0263 e. The molecule has 1 aliphatic rings. The third-order valence-corrected chi connectivity index (χ3v) is 4.78. The lowest BCUT2D eigenvalue weighted by atomic mass is 9.93. The topological polar surface area (TPSA) is 29.3 Å². The molecule has 2 N–H and O–H groups in total. The first kappa shape index (κ1) is 13.9. The summed E-state index contributed by atoms with van der Waals surface area (Å²) in [6.07, 6.45) is 1.20. The highest BCUT2D eigenvalue weighted by Crippen LogP contribution is 2.37. The van der Waals surface area contributed by atoms with E-state index in [0.717, 1.165) is 19.6 Å². The molecular formula is C15H24N2S. The summed E-state index contributed by atoms with van der Waals surface area (Å²) in [7, 11) is 2.21. The molecule has 100 valence electrons. The highest BCUT2D eigenvalue weighted by Gasteiger charge is 2.25. The summed E-state index contributed by atoms with van der Waals surface area (Å²) < 4.78 is 0. The second-order valence-electron chi connectivity index (χ2n) is 6.12. The Hall–Kier alpha value is -0.510. The van der Waals surface area contributed by atoms with E-state index < -0.39 is 0 Å². The van der Waals surface area contributed by atoms with Crippen molar-refractivity contribution in [1.82, 2.24) is 4.90 Å². The zero-order valence-electron chi connectivity index (χ0n) is 11.6. The number of nitrogens with two attached hydrogens (primary N) is 1. The van der Waals surface area contributed by atoms with E-state index in [2.05, 4.69) is 50.1 Å². The maximum Gasteiger partial charge on any atom is 0.0263 e. The van der Waals surface area contributed by atoms with Gasteiger partial charge in [-0.15, -0.1) is 11.8 Å². The molecule has 1 aromatic carbocycles. The van der Waals surface area contributed by atoms with E-state index in [-0.39, 0.29) is 5.41 Å². The van der Waals surface area contributed by atoms with Crippen LogP contribution in [0.2, 0.25) is 0 Å². The van der Waals surface area contributed by atoms with E-state index in [4.69, 9.17) is 5.73 Å². The van der Waals surface area contributed by atoms with Crippen molar-refractivity contribution in [2.24, 2.45) is 11.1 Å². The number of hydrogen-bond donors (Lipinski definition) is 1. The van der Waals surface area contributed by atoms with Crippen LogP contribution in [0.25, 0.3) is 0 Å². The Labute approximate surface area is 115 Å². The van der Waals surface area contributed by atoms with Crippen LogP contribution in [0.4, 0.5) is 0 Å². The van der Waals surface area contributed by atoms with Gasteiger partial charge in [0, 0.05) is 23.2 Å². The van der Waals surface area contributed by atoms with Gasteiger partial charge in [-0.05, 0) is 37.1 Å². The largest absolute Gasteiger partial charge is 0.330 e. The number of nitrogens with zero attached hydrogens (tertiary/aromatic N) is 1. The van der Waals surface area contributed by atoms with E-state index in [0.29, 0.717) is 5.25 Å². The molecule has 0 aromatic heterocycles. The van der Waals surface area contributed by atoms with Gasteiger partial charge in [-0.25, -0.2) is 0 Å². The number of thioether (sulfide) groups is 1.